The van der Waals surface area contributed by atoms with Gasteiger partial charge in [-0.25, -0.2) is 4.79 Å². The molecule has 1 atom stereocenters. The van der Waals surface area contributed by atoms with Gasteiger partial charge in [-0.2, -0.15) is 0 Å². The van der Waals surface area contributed by atoms with E-state index in [1.54, 1.807) is 11.8 Å². The first kappa shape index (κ1) is 22.3. The molecule has 1 saturated carbocycles. The fourth-order valence-electron chi connectivity index (χ4n) is 4.19. The summed E-state index contributed by atoms with van der Waals surface area (Å²) < 4.78 is 0. The second-order valence-electron chi connectivity index (χ2n) is 9.14. The van der Waals surface area contributed by atoms with Crippen molar-refractivity contribution in [3.63, 3.8) is 0 Å². The Morgan fingerprint density at radius 2 is 1.75 bits per heavy atom. The zero-order valence-electron chi connectivity index (χ0n) is 18.5. The highest BCUT2D eigenvalue weighted by Gasteiger charge is 2.48. The van der Waals surface area contributed by atoms with E-state index in [2.05, 4.69) is 10.6 Å². The molecule has 4 rings (SSSR count). The van der Waals surface area contributed by atoms with E-state index in [0.717, 1.165) is 23.3 Å². The Morgan fingerprint density at radius 3 is 2.41 bits per heavy atom. The molecular weight excluding hydrogens is 410 g/mol. The van der Waals surface area contributed by atoms with Crippen molar-refractivity contribution in [3.8, 4) is 0 Å². The van der Waals surface area contributed by atoms with Gasteiger partial charge < -0.3 is 15.5 Å². The summed E-state index contributed by atoms with van der Waals surface area (Å²) in [6.07, 6.45) is 3.24. The molecule has 3 aliphatic rings. The second-order valence-corrected chi connectivity index (χ2v) is 9.14. The summed E-state index contributed by atoms with van der Waals surface area (Å²) in [7, 11) is 0. The minimum Gasteiger partial charge on any atom is -0.352 e. The summed E-state index contributed by atoms with van der Waals surface area (Å²) in [5.41, 5.74) is 0.0786. The van der Waals surface area contributed by atoms with E-state index in [1.807, 2.05) is 35.2 Å². The van der Waals surface area contributed by atoms with E-state index < -0.39 is 11.6 Å². The van der Waals surface area contributed by atoms with Crippen molar-refractivity contribution in [1.82, 2.24) is 25.3 Å². The van der Waals surface area contributed by atoms with Crippen LogP contribution in [-0.4, -0.2) is 89.3 Å². The van der Waals surface area contributed by atoms with Gasteiger partial charge in [0.2, 0.25) is 11.8 Å². The highest BCUT2D eigenvalue weighted by Crippen LogP contribution is 2.23. The number of urea groups is 1. The van der Waals surface area contributed by atoms with Crippen molar-refractivity contribution in [3.05, 3.63) is 35.9 Å². The van der Waals surface area contributed by atoms with Gasteiger partial charge in [0.05, 0.1) is 6.54 Å². The third-order valence-electron chi connectivity index (χ3n) is 6.43. The van der Waals surface area contributed by atoms with Crippen molar-refractivity contribution in [2.75, 3.05) is 39.3 Å². The SMILES string of the molecule is C[C@@]1(CCc2ccccc2)NC(=O)N(CC(=O)N2CCN(CC(=O)NC3CC3)CC2)C1=O. The van der Waals surface area contributed by atoms with Gasteiger partial charge >= 0.3 is 6.03 Å². The van der Waals surface area contributed by atoms with Gasteiger partial charge in [-0.05, 0) is 38.2 Å². The zero-order valence-corrected chi connectivity index (χ0v) is 18.5. The van der Waals surface area contributed by atoms with Crippen LogP contribution in [0.5, 0.6) is 0 Å². The first-order chi connectivity index (χ1) is 15.3. The van der Waals surface area contributed by atoms with Crippen LogP contribution in [0.4, 0.5) is 4.79 Å². The maximum atomic E-state index is 13.0. The average Bonchev–Trinajstić information content (AvgIpc) is 3.57. The van der Waals surface area contributed by atoms with Gasteiger partial charge in [-0.15, -0.1) is 0 Å². The van der Waals surface area contributed by atoms with Crippen LogP contribution < -0.4 is 10.6 Å². The number of nitrogens with zero attached hydrogens (tertiary/aromatic N) is 3. The summed E-state index contributed by atoms with van der Waals surface area (Å²) in [5, 5.41) is 5.74. The number of rotatable bonds is 8. The Morgan fingerprint density at radius 1 is 1.06 bits per heavy atom. The van der Waals surface area contributed by atoms with Crippen LogP contribution in [0, 0.1) is 0 Å². The Labute approximate surface area is 188 Å². The van der Waals surface area contributed by atoms with Crippen molar-refractivity contribution in [1.29, 1.82) is 0 Å². The topological polar surface area (TPSA) is 102 Å². The lowest BCUT2D eigenvalue weighted by Crippen LogP contribution is -2.53. The van der Waals surface area contributed by atoms with E-state index in [0.29, 0.717) is 51.6 Å². The smallest absolute Gasteiger partial charge is 0.325 e. The largest absolute Gasteiger partial charge is 0.352 e. The van der Waals surface area contributed by atoms with Crippen LogP contribution in [0.1, 0.15) is 31.7 Å². The minimum absolute atomic E-state index is 0.0291. The molecule has 32 heavy (non-hydrogen) atoms. The van der Waals surface area contributed by atoms with E-state index in [-0.39, 0.29) is 24.3 Å². The van der Waals surface area contributed by atoms with E-state index in [4.69, 9.17) is 0 Å². The monoisotopic (exact) mass is 441 g/mol. The zero-order chi connectivity index (χ0) is 22.7. The van der Waals surface area contributed by atoms with E-state index >= 15 is 0 Å². The van der Waals surface area contributed by atoms with Crippen LogP contribution in [-0.2, 0) is 20.8 Å². The third kappa shape index (κ3) is 5.27. The van der Waals surface area contributed by atoms with Crippen LogP contribution in [0.3, 0.4) is 0 Å². The maximum Gasteiger partial charge on any atom is 0.325 e. The number of amides is 5. The molecule has 9 heteroatoms. The molecule has 5 amide bonds. The van der Waals surface area contributed by atoms with Gasteiger partial charge in [0.25, 0.3) is 5.91 Å². The highest BCUT2D eigenvalue weighted by atomic mass is 16.2. The molecular formula is C23H31N5O4. The fraction of sp³-hybridized carbons (Fsp3) is 0.565. The van der Waals surface area contributed by atoms with Crippen LogP contribution in [0.25, 0.3) is 0 Å². The molecule has 1 aliphatic carbocycles. The number of piperazine rings is 1. The normalized spacial score (nSPS) is 23.9. The Bertz CT molecular complexity index is 880. The summed E-state index contributed by atoms with van der Waals surface area (Å²) in [6, 6.07) is 9.61. The Hall–Kier alpha value is -2.94. The lowest BCUT2D eigenvalue weighted by Gasteiger charge is -2.34. The summed E-state index contributed by atoms with van der Waals surface area (Å²) >= 11 is 0. The summed E-state index contributed by atoms with van der Waals surface area (Å²) in [5.74, 6) is -0.577. The van der Waals surface area contributed by atoms with Gasteiger partial charge in [-0.1, -0.05) is 30.3 Å². The molecule has 0 radical (unpaired) electrons. The number of imide groups is 1. The molecule has 9 nitrogen and oxygen atoms in total. The standard InChI is InChI=1S/C23H31N5O4/c1-23(10-9-17-5-3-2-4-6-17)21(31)28(22(32)25-23)16-20(30)27-13-11-26(12-14-27)15-19(29)24-18-7-8-18/h2-6,18H,7-16H2,1H3,(H,24,29)(H,25,32)/t23-/m0/s1. The number of carbonyl (C=O) groups is 4. The minimum atomic E-state index is -1.01. The number of aryl methyl sites for hydroxylation is 1. The molecule has 0 aromatic heterocycles. The molecule has 3 fully saturated rings. The number of hydrogen-bond donors (Lipinski definition) is 2. The third-order valence-corrected chi connectivity index (χ3v) is 6.43. The molecule has 1 aromatic rings. The van der Waals surface area contributed by atoms with Gasteiger partial charge in [0.15, 0.2) is 0 Å². The molecule has 172 valence electrons. The maximum absolute atomic E-state index is 13.0. The highest BCUT2D eigenvalue weighted by molar-refractivity contribution is 6.08. The van der Waals surface area contributed by atoms with Crippen LogP contribution in [0.2, 0.25) is 0 Å². The van der Waals surface area contributed by atoms with E-state index in [1.165, 1.54) is 0 Å². The van der Waals surface area contributed by atoms with Crippen molar-refractivity contribution < 1.29 is 19.2 Å². The average molecular weight is 442 g/mol. The Balaban J connectivity index is 1.25. The lowest BCUT2D eigenvalue weighted by atomic mass is 9.93. The molecule has 0 bridgehead atoms. The Kier molecular flexibility index (Phi) is 6.45. The van der Waals surface area contributed by atoms with Crippen molar-refractivity contribution >= 4 is 23.8 Å². The lowest BCUT2D eigenvalue weighted by molar-refractivity contribution is -0.140. The quantitative estimate of drug-likeness (QED) is 0.567. The van der Waals surface area contributed by atoms with Crippen LogP contribution in [0.15, 0.2) is 30.3 Å². The van der Waals surface area contributed by atoms with Gasteiger partial charge in [0.1, 0.15) is 12.1 Å². The summed E-state index contributed by atoms with van der Waals surface area (Å²) in [6.45, 7) is 3.94. The number of benzene rings is 1. The predicted octanol–water partition coefficient (Wildman–Crippen LogP) is 0.353. The second kappa shape index (κ2) is 9.28. The molecule has 2 saturated heterocycles. The summed E-state index contributed by atoms with van der Waals surface area (Å²) in [4.78, 5) is 54.9. The molecule has 1 aromatic carbocycles. The van der Waals surface area contributed by atoms with Gasteiger partial charge in [-0.3, -0.25) is 24.2 Å². The molecule has 2 heterocycles. The molecule has 2 N–H and O–H groups in total. The van der Waals surface area contributed by atoms with Crippen molar-refractivity contribution in [2.45, 2.75) is 44.2 Å². The number of nitrogens with one attached hydrogen (secondary N) is 2. The number of carbonyl (C=O) groups excluding carboxylic acids is 4. The van der Waals surface area contributed by atoms with Crippen LogP contribution >= 0.6 is 0 Å². The first-order valence-electron chi connectivity index (χ1n) is 11.3. The van der Waals surface area contributed by atoms with E-state index in [9.17, 15) is 19.2 Å². The molecule has 2 aliphatic heterocycles. The van der Waals surface area contributed by atoms with Gasteiger partial charge in [0, 0.05) is 32.2 Å². The number of hydrogen-bond acceptors (Lipinski definition) is 5. The first-order valence-corrected chi connectivity index (χ1v) is 11.3. The van der Waals surface area contributed by atoms with Crippen molar-refractivity contribution in [2.24, 2.45) is 0 Å². The predicted molar refractivity (Wildman–Crippen MR) is 118 cm³/mol. The molecule has 0 unspecified atom stereocenters. The fourth-order valence-corrected chi connectivity index (χ4v) is 4.19. The molecule has 0 spiro atoms.